The summed E-state index contributed by atoms with van der Waals surface area (Å²) in [6, 6.07) is 13.0. The molecule has 4 nitrogen and oxygen atoms in total. The molecule has 1 N–H and O–H groups in total. The van der Waals surface area contributed by atoms with Gasteiger partial charge in [0.2, 0.25) is 0 Å². The number of nitrogens with one attached hydrogen (secondary N) is 1. The Labute approximate surface area is 134 Å². The molecule has 114 valence electrons. The molecule has 0 aliphatic rings. The van der Waals surface area contributed by atoms with Crippen molar-refractivity contribution < 1.29 is 9.63 Å². The van der Waals surface area contributed by atoms with Gasteiger partial charge in [-0.15, -0.1) is 0 Å². The highest BCUT2D eigenvalue weighted by molar-refractivity contribution is 6.31. The number of anilines is 1. The van der Waals surface area contributed by atoms with Crippen LogP contribution in [0.25, 0.3) is 0 Å². The van der Waals surface area contributed by atoms with E-state index in [1.165, 1.54) is 0 Å². The van der Waals surface area contributed by atoms with Gasteiger partial charge >= 0.3 is 0 Å². The van der Waals surface area contributed by atoms with Crippen LogP contribution in [0.2, 0.25) is 5.02 Å². The molecule has 2 aromatic rings. The largest absolute Gasteiger partial charge is 0.391 e. The lowest BCUT2D eigenvalue weighted by Gasteiger charge is -2.06. The third kappa shape index (κ3) is 4.90. The first-order valence-corrected chi connectivity index (χ1v) is 7.20. The first-order chi connectivity index (χ1) is 10.5. The third-order valence-corrected chi connectivity index (χ3v) is 3.28. The molecule has 5 heteroatoms. The lowest BCUT2D eigenvalue weighted by atomic mass is 10.1. The van der Waals surface area contributed by atoms with Crippen LogP contribution in [-0.2, 0) is 16.2 Å². The fourth-order valence-electron chi connectivity index (χ4n) is 1.90. The van der Waals surface area contributed by atoms with E-state index in [0.717, 1.165) is 28.6 Å². The lowest BCUT2D eigenvalue weighted by Crippen LogP contribution is -2.13. The average molecular weight is 317 g/mol. The van der Waals surface area contributed by atoms with E-state index in [-0.39, 0.29) is 12.5 Å². The van der Waals surface area contributed by atoms with Crippen LogP contribution in [-0.4, -0.2) is 12.1 Å². The molecule has 22 heavy (non-hydrogen) atoms. The molecule has 0 aliphatic carbocycles. The summed E-state index contributed by atoms with van der Waals surface area (Å²) in [5, 5.41) is 7.09. The van der Waals surface area contributed by atoms with Crippen LogP contribution < -0.4 is 5.32 Å². The second-order valence-corrected chi connectivity index (χ2v) is 5.38. The summed E-state index contributed by atoms with van der Waals surface area (Å²) in [7, 11) is 0. The highest BCUT2D eigenvalue weighted by Gasteiger charge is 2.02. The summed E-state index contributed by atoms with van der Waals surface area (Å²) in [6.45, 7) is 4.23. The Hall–Kier alpha value is -2.33. The van der Waals surface area contributed by atoms with Gasteiger partial charge in [0.15, 0.2) is 0 Å². The van der Waals surface area contributed by atoms with Crippen molar-refractivity contribution in [1.82, 2.24) is 0 Å². The highest BCUT2D eigenvalue weighted by atomic mass is 35.5. The zero-order valence-electron chi connectivity index (χ0n) is 12.5. The molecule has 0 unspecified atom stereocenters. The summed E-state index contributed by atoms with van der Waals surface area (Å²) in [5.74, 6) is -0.331. The predicted octanol–water partition coefficient (Wildman–Crippen LogP) is 4.10. The fourth-order valence-corrected chi connectivity index (χ4v) is 2.02. The molecule has 0 saturated heterocycles. The maximum Gasteiger partial charge on any atom is 0.270 e. The monoisotopic (exact) mass is 316 g/mol. The van der Waals surface area contributed by atoms with E-state index in [2.05, 4.69) is 10.5 Å². The van der Waals surface area contributed by atoms with E-state index < -0.39 is 0 Å². The average Bonchev–Trinajstić information content (AvgIpc) is 2.48. The molecule has 2 rings (SSSR count). The number of carbonyl (C=O) groups is 1. The van der Waals surface area contributed by atoms with Crippen LogP contribution in [0.5, 0.6) is 0 Å². The van der Waals surface area contributed by atoms with Gasteiger partial charge in [0.05, 0.1) is 0 Å². The maximum absolute atomic E-state index is 11.7. The van der Waals surface area contributed by atoms with Crippen LogP contribution in [0, 0.1) is 13.8 Å². The second-order valence-electron chi connectivity index (χ2n) is 4.94. The van der Waals surface area contributed by atoms with E-state index in [1.54, 1.807) is 12.1 Å². The highest BCUT2D eigenvalue weighted by Crippen LogP contribution is 2.15. The van der Waals surface area contributed by atoms with Crippen molar-refractivity contribution in [1.29, 1.82) is 0 Å². The minimum atomic E-state index is -0.331. The number of halogens is 1. The molecular weight excluding hydrogens is 300 g/mol. The number of benzene rings is 2. The quantitative estimate of drug-likeness (QED) is 0.667. The Morgan fingerprint density at radius 3 is 2.64 bits per heavy atom. The number of carbonyl (C=O) groups excluding carboxylic acids is 1. The molecule has 0 heterocycles. The number of hydrogen-bond acceptors (Lipinski definition) is 3. The SMILES string of the molecule is Cc1ccc(NC(=O)/C=N\OCc2ccc(Cl)cc2)c(C)c1. The van der Waals surface area contributed by atoms with E-state index in [0.29, 0.717) is 5.02 Å². The summed E-state index contributed by atoms with van der Waals surface area (Å²) in [5.41, 5.74) is 3.84. The normalized spacial score (nSPS) is 10.7. The number of hydrogen-bond donors (Lipinski definition) is 1. The molecule has 1 amide bonds. The van der Waals surface area contributed by atoms with E-state index in [1.807, 2.05) is 44.2 Å². The van der Waals surface area contributed by atoms with Gasteiger partial charge in [-0.1, -0.05) is 46.6 Å². The molecule has 0 spiro atoms. The molecule has 0 aliphatic heterocycles. The lowest BCUT2D eigenvalue weighted by molar-refractivity contribution is -0.110. The first kappa shape index (κ1) is 16.0. The van der Waals surface area contributed by atoms with E-state index in [9.17, 15) is 4.79 Å². The van der Waals surface area contributed by atoms with Gasteiger partial charge in [-0.05, 0) is 43.2 Å². The Morgan fingerprint density at radius 2 is 1.95 bits per heavy atom. The van der Waals surface area contributed by atoms with Crippen molar-refractivity contribution in [2.45, 2.75) is 20.5 Å². The topological polar surface area (TPSA) is 50.7 Å². The molecule has 2 aromatic carbocycles. The molecule has 0 bridgehead atoms. The molecular formula is C17H17ClN2O2. The van der Waals surface area contributed by atoms with Crippen LogP contribution in [0.3, 0.4) is 0 Å². The van der Waals surface area contributed by atoms with Gasteiger partial charge in [-0.25, -0.2) is 0 Å². The fraction of sp³-hybridized carbons (Fsp3) is 0.176. The third-order valence-electron chi connectivity index (χ3n) is 3.03. The van der Waals surface area contributed by atoms with Crippen LogP contribution in [0.15, 0.2) is 47.6 Å². The smallest absolute Gasteiger partial charge is 0.270 e. The van der Waals surface area contributed by atoms with Crippen molar-refractivity contribution in [3.63, 3.8) is 0 Å². The molecule has 0 aromatic heterocycles. The molecule has 0 saturated carbocycles. The maximum atomic E-state index is 11.7. The first-order valence-electron chi connectivity index (χ1n) is 6.82. The summed E-state index contributed by atoms with van der Waals surface area (Å²) in [4.78, 5) is 16.8. The minimum absolute atomic E-state index is 0.282. The predicted molar refractivity (Wildman–Crippen MR) is 89.3 cm³/mol. The summed E-state index contributed by atoms with van der Waals surface area (Å²) < 4.78 is 0. The van der Waals surface area contributed by atoms with E-state index in [4.69, 9.17) is 16.4 Å². The minimum Gasteiger partial charge on any atom is -0.391 e. The Kier molecular flexibility index (Phi) is 5.55. The molecule has 0 fully saturated rings. The van der Waals surface area contributed by atoms with Crippen LogP contribution in [0.4, 0.5) is 5.69 Å². The second kappa shape index (κ2) is 7.61. The molecule has 0 radical (unpaired) electrons. The zero-order chi connectivity index (χ0) is 15.9. The number of oxime groups is 1. The van der Waals surface area contributed by atoms with Crippen LogP contribution >= 0.6 is 11.6 Å². The van der Waals surface area contributed by atoms with Crippen LogP contribution in [0.1, 0.15) is 16.7 Å². The summed E-state index contributed by atoms with van der Waals surface area (Å²) in [6.07, 6.45) is 1.12. The van der Waals surface area contributed by atoms with Gasteiger partial charge in [-0.3, -0.25) is 4.79 Å². The van der Waals surface area contributed by atoms with Crippen molar-refractivity contribution in [3.05, 3.63) is 64.2 Å². The number of rotatable bonds is 5. The van der Waals surface area contributed by atoms with Gasteiger partial charge in [0, 0.05) is 10.7 Å². The Bertz CT molecular complexity index is 682. The molecule has 0 atom stereocenters. The van der Waals surface area contributed by atoms with Crippen molar-refractivity contribution in [2.75, 3.05) is 5.32 Å². The van der Waals surface area contributed by atoms with Crippen molar-refractivity contribution in [3.8, 4) is 0 Å². The van der Waals surface area contributed by atoms with Crippen molar-refractivity contribution in [2.24, 2.45) is 5.16 Å². The Morgan fingerprint density at radius 1 is 1.23 bits per heavy atom. The Balaban J connectivity index is 1.82. The zero-order valence-corrected chi connectivity index (χ0v) is 13.2. The van der Waals surface area contributed by atoms with E-state index >= 15 is 0 Å². The van der Waals surface area contributed by atoms with Gasteiger partial charge in [-0.2, -0.15) is 0 Å². The van der Waals surface area contributed by atoms with Gasteiger partial charge in [0.25, 0.3) is 5.91 Å². The van der Waals surface area contributed by atoms with Crippen molar-refractivity contribution >= 4 is 29.4 Å². The number of nitrogens with zero attached hydrogens (tertiary/aromatic N) is 1. The van der Waals surface area contributed by atoms with Gasteiger partial charge in [0.1, 0.15) is 12.8 Å². The number of amides is 1. The van der Waals surface area contributed by atoms with Gasteiger partial charge < -0.3 is 10.2 Å². The number of aryl methyl sites for hydroxylation is 2. The standard InChI is InChI=1S/C17H17ClN2O2/c1-12-3-8-16(13(2)9-12)20-17(21)10-19-22-11-14-4-6-15(18)7-5-14/h3-10H,11H2,1-2H3,(H,20,21)/b19-10-. The summed E-state index contributed by atoms with van der Waals surface area (Å²) >= 11 is 5.79.